The first kappa shape index (κ1) is 106. The van der Waals surface area contributed by atoms with Gasteiger partial charge in [0.1, 0.15) is 22.8 Å². The lowest BCUT2D eigenvalue weighted by Gasteiger charge is -2.35. The summed E-state index contributed by atoms with van der Waals surface area (Å²) in [5.74, 6) is -0.0205. The molecule has 702 valence electrons. The normalized spacial score (nSPS) is 15.2. The van der Waals surface area contributed by atoms with Gasteiger partial charge in [0.15, 0.2) is 11.6 Å². The largest absolute Gasteiger partial charge is 0.468 e. The van der Waals surface area contributed by atoms with Crippen LogP contribution < -0.4 is 41.0 Å². The third-order valence-electron chi connectivity index (χ3n) is 21.8. The van der Waals surface area contributed by atoms with Gasteiger partial charge < -0.3 is 60.1 Å². The standard InChI is InChI=1S/C26H26N4O4.C21H18IN3O3.C15H17IN2O2.C11H12INO.C10H13ClN2O.C6H6IN.C5H8BrClO.C5H9NO/c1-17(32)24-22-13-15-29(20-11-9-19(10-12-20)28-14-3-2-4-23(28)33)26(34)25(22)30(27-24)21-7-5-18(16-31)6-8-21;1-13(27)19-18-10-11-24(16-8-4-15(22)5-9-16)21(28)20(18)25(23-19)17-6-2-14(12-26)3-7-17;16-12-3-5-13(6-4-12)18-7-1-2-14(15(18)19)17-8-10-20-11-9-17;12-9-4-6-10(7-5-9)13-8-2-1-3-11(13)14;1-3-14-10(11)13-12-9-6-4-8(2)5-7-9;7-5-1-3-6(8)4-2-5;6-4-2-1-3-5(7)8;7-5-3-1-2-4-6-5/h5-12,31H,2-4,13-16H2,1H3;2-9,26H,10-12H2,1H3;2-6H,1,7-11H2;4-7H,1-3,8H2;4-7,12H,3H2,1-2H3;1-4H,8H2;1-4H2;1-4H2,(H,6,7)/b;;;;13-10+;;;. The highest BCUT2D eigenvalue weighted by atomic mass is 127. The average Bonchev–Trinajstić information content (AvgIpc) is 1.56. The second-order valence-corrected chi connectivity index (χ2v) is 37.9. The monoisotopic (exact) mass is 2360 g/mol. The van der Waals surface area contributed by atoms with Gasteiger partial charge in [0, 0.05) is 157 Å². The molecule has 0 radical (unpaired) electrons. The predicted octanol–water partition coefficient (Wildman–Crippen LogP) is 19.1. The number of Topliss-reactive ketones (excluding diaryl/α,β-unsaturated/α-hetero) is 2. The minimum Gasteiger partial charge on any atom is -0.468 e. The number of hydrogen-bond donors (Lipinski definition) is 5. The average molecular weight is 2360 g/mol. The summed E-state index contributed by atoms with van der Waals surface area (Å²) in [6.07, 6.45) is 14.8. The number of nitrogens with two attached hydrogens (primary N) is 1. The predicted molar refractivity (Wildman–Crippen MR) is 562 cm³/mol. The molecule has 0 bridgehead atoms. The number of carbonyl (C=O) groups is 9. The van der Waals surface area contributed by atoms with E-state index in [0.29, 0.717) is 117 Å². The molecule has 0 unspecified atom stereocenters. The number of rotatable bonds is 19. The molecule has 0 saturated carbocycles. The third kappa shape index (κ3) is 31.5. The molecule has 6 amide bonds. The third-order valence-corrected chi connectivity index (χ3v) is 25.7. The van der Waals surface area contributed by atoms with E-state index in [1.54, 1.807) is 67.9 Å². The number of anilines is 7. The Balaban J connectivity index is 0.000000167. The van der Waals surface area contributed by atoms with Crippen molar-refractivity contribution in [1.82, 2.24) is 29.8 Å². The maximum Gasteiger partial charge on any atom is 0.304 e. The Morgan fingerprint density at radius 1 is 0.504 bits per heavy atom. The molecule has 27 nitrogen and oxygen atoms in total. The Bertz CT molecular complexity index is 5610. The molecule has 4 saturated heterocycles. The fourth-order valence-electron chi connectivity index (χ4n) is 14.9. The molecule has 17 rings (SSSR count). The van der Waals surface area contributed by atoms with E-state index < -0.39 is 0 Å². The number of amides is 6. The summed E-state index contributed by atoms with van der Waals surface area (Å²) in [5.41, 5.74) is 22.0. The van der Waals surface area contributed by atoms with Crippen molar-refractivity contribution in [1.29, 1.82) is 0 Å². The number of alkyl halides is 1. The van der Waals surface area contributed by atoms with Crippen LogP contribution in [0.3, 0.4) is 0 Å². The molecule has 2 aromatic heterocycles. The summed E-state index contributed by atoms with van der Waals surface area (Å²) < 4.78 is 18.1. The smallest absolute Gasteiger partial charge is 0.304 e. The number of aryl methyl sites for hydroxylation is 1. The van der Waals surface area contributed by atoms with Crippen molar-refractivity contribution in [2.45, 2.75) is 137 Å². The summed E-state index contributed by atoms with van der Waals surface area (Å²) in [7, 11) is 0. The van der Waals surface area contributed by atoms with Gasteiger partial charge in [-0.15, -0.1) is 5.10 Å². The van der Waals surface area contributed by atoms with Crippen molar-refractivity contribution < 1.29 is 62.8 Å². The molecule has 0 spiro atoms. The second kappa shape index (κ2) is 54.3. The van der Waals surface area contributed by atoms with Crippen molar-refractivity contribution in [2.75, 3.05) is 113 Å². The van der Waals surface area contributed by atoms with Gasteiger partial charge in [-0.3, -0.25) is 48.6 Å². The highest BCUT2D eigenvalue weighted by Gasteiger charge is 2.37. The summed E-state index contributed by atoms with van der Waals surface area (Å²) in [6, 6.07) is 61.3. The van der Waals surface area contributed by atoms with Crippen LogP contribution in [0.2, 0.25) is 0 Å². The molecule has 7 aliphatic rings. The highest BCUT2D eigenvalue weighted by Crippen LogP contribution is 2.35. The quantitative estimate of drug-likeness (QED) is 0.00578. The number of nitrogens with zero attached hydrogens (tertiary/aromatic N) is 11. The number of fused-ring (bicyclic) bond motifs is 2. The topological polar surface area (TPSA) is 330 Å². The Hall–Kier alpha value is -9.52. The molecule has 4 fully saturated rings. The maximum absolute atomic E-state index is 13.7. The molecular weight excluding hydrogens is 2250 g/mol. The molecule has 7 aliphatic heterocycles. The zero-order chi connectivity index (χ0) is 95.5. The van der Waals surface area contributed by atoms with E-state index in [1.165, 1.54) is 34.8 Å². The Morgan fingerprint density at radius 2 is 0.910 bits per heavy atom. The number of morpholine rings is 1. The minimum absolute atomic E-state index is 0.0598. The number of carbonyl (C=O) groups excluding carboxylic acids is 9. The van der Waals surface area contributed by atoms with Crippen LogP contribution in [-0.2, 0) is 59.5 Å². The van der Waals surface area contributed by atoms with Crippen LogP contribution in [0.25, 0.3) is 11.4 Å². The Morgan fingerprint density at radius 3 is 1.28 bits per heavy atom. The Kier molecular flexibility index (Phi) is 43.1. The lowest BCUT2D eigenvalue weighted by atomic mass is 10.0. The number of hydrogen-bond acceptors (Lipinski definition) is 19. The van der Waals surface area contributed by atoms with Crippen LogP contribution >= 0.6 is 129 Å². The van der Waals surface area contributed by atoms with Crippen LogP contribution in [-0.4, -0.2) is 170 Å². The maximum atomic E-state index is 13.7. The van der Waals surface area contributed by atoms with Gasteiger partial charge in [-0.25, -0.2) is 9.36 Å². The number of aliphatic hydroxyl groups excluding tert-OH is 2. The summed E-state index contributed by atoms with van der Waals surface area (Å²) in [6.45, 7) is 14.4. The molecule has 8 aromatic carbocycles. The summed E-state index contributed by atoms with van der Waals surface area (Å²) in [4.78, 5) is 119. The first-order chi connectivity index (χ1) is 64.2. The second-order valence-electron chi connectivity index (χ2n) is 31.4. The fraction of sp³-hybridized carbons (Fsp3) is 0.333. The molecule has 9 heterocycles. The number of benzene rings is 8. The number of nitrogen functional groups attached to an aromatic ring is 1. The van der Waals surface area contributed by atoms with Gasteiger partial charge in [0.05, 0.1) is 55.8 Å². The molecule has 6 N–H and O–H groups in total. The van der Waals surface area contributed by atoms with Crippen molar-refractivity contribution in [3.8, 4) is 11.4 Å². The molecule has 10 aromatic rings. The van der Waals surface area contributed by atoms with E-state index in [4.69, 9.17) is 38.4 Å². The fourth-order valence-corrected chi connectivity index (χ4v) is 17.0. The number of halogens is 7. The number of piperidine rings is 3. The molecule has 0 aliphatic carbocycles. The van der Waals surface area contributed by atoms with Crippen LogP contribution in [0, 0.1) is 21.2 Å². The van der Waals surface area contributed by atoms with Crippen LogP contribution in [0.4, 0.5) is 39.8 Å². The molecule has 133 heavy (non-hydrogen) atoms. The van der Waals surface area contributed by atoms with E-state index in [1.807, 2.05) is 169 Å². The van der Waals surface area contributed by atoms with E-state index in [9.17, 15) is 53.4 Å². The zero-order valence-corrected chi connectivity index (χ0v) is 86.3. The van der Waals surface area contributed by atoms with Gasteiger partial charge >= 0.3 is 5.36 Å². The number of ketones is 2. The van der Waals surface area contributed by atoms with Crippen LogP contribution in [0.15, 0.2) is 211 Å². The zero-order valence-electron chi connectivity index (χ0n) is 74.6. The van der Waals surface area contributed by atoms with Gasteiger partial charge in [0.2, 0.25) is 23.0 Å². The first-order valence-corrected chi connectivity index (χ1v) is 50.2. The van der Waals surface area contributed by atoms with Gasteiger partial charge in [-0.2, -0.15) is 10.2 Å². The van der Waals surface area contributed by atoms with Crippen molar-refractivity contribution in [3.05, 3.63) is 271 Å². The van der Waals surface area contributed by atoms with Crippen molar-refractivity contribution in [2.24, 2.45) is 5.10 Å². The van der Waals surface area contributed by atoms with E-state index in [-0.39, 0.29) is 70.8 Å². The number of hydrazone groups is 1. The van der Waals surface area contributed by atoms with Crippen LogP contribution in [0.5, 0.6) is 0 Å². The summed E-state index contributed by atoms with van der Waals surface area (Å²) in [5, 5.41) is 35.0. The first-order valence-electron chi connectivity index (χ1n) is 44.0. The number of unbranched alkanes of at least 4 members (excludes halogenated alkanes) is 1. The number of aliphatic hydroxyl groups is 2. The lowest BCUT2D eigenvalue weighted by Crippen LogP contribution is -2.45. The lowest BCUT2D eigenvalue weighted by molar-refractivity contribution is -0.122. The van der Waals surface area contributed by atoms with Crippen molar-refractivity contribution in [3.63, 3.8) is 0 Å². The SMILES string of the molecule is CC(=O)c1nn(-c2ccc(CO)cc2)c2c1CCN(c1ccc(I)cc1)C2=O.CC(=O)c1nn(-c2ccc(CO)cc2)c2c1CCN(c1ccc(N3CCCCC3=O)cc1)C2=O.CCO/C(Cl)=N/Nc1ccc(C)cc1.Nc1ccc(I)cc1.O=C(Cl)CCCCBr.O=C1C(N2CCOCC2)=CCCN1c1ccc(I)cc1.O=C1CCCCN1.O=C1CCCCN1c1ccc(I)cc1. The molecule has 0 atom stereocenters. The van der Waals surface area contributed by atoms with Crippen molar-refractivity contribution >= 4 is 227 Å². The van der Waals surface area contributed by atoms with E-state index >= 15 is 0 Å². The highest BCUT2D eigenvalue weighted by molar-refractivity contribution is 14.1. The van der Waals surface area contributed by atoms with Gasteiger partial charge in [-0.1, -0.05) is 64.0 Å². The minimum atomic E-state index is -0.231. The molecular formula is C99H109BrCl2I4N14O13. The van der Waals surface area contributed by atoms with E-state index in [0.717, 1.165) is 162 Å². The summed E-state index contributed by atoms with van der Waals surface area (Å²) >= 11 is 22.9. The number of aromatic nitrogens is 4. The van der Waals surface area contributed by atoms with Gasteiger partial charge in [0.25, 0.3) is 17.7 Å². The number of ether oxygens (including phenoxy) is 2. The number of nitrogens with one attached hydrogen (secondary N) is 2. The Labute approximate surface area is 849 Å². The van der Waals surface area contributed by atoms with Crippen LogP contribution in [0.1, 0.15) is 174 Å². The van der Waals surface area contributed by atoms with E-state index in [2.05, 4.69) is 143 Å². The molecule has 34 heteroatoms. The van der Waals surface area contributed by atoms with Gasteiger partial charge in [-0.05, 0) is 367 Å².